The third-order valence-electron chi connectivity index (χ3n) is 2.88. The molecular weight excluding hydrogens is 390 g/mol. The van der Waals surface area contributed by atoms with Gasteiger partial charge in [0.1, 0.15) is 0 Å². The molecule has 2 rings (SSSR count). The minimum Gasteiger partial charge on any atom is -0.484 e. The smallest absolute Gasteiger partial charge is 0.228 e. The van der Waals surface area contributed by atoms with E-state index in [1.807, 2.05) is 12.2 Å². The van der Waals surface area contributed by atoms with Crippen molar-refractivity contribution in [2.24, 2.45) is 4.99 Å². The quantitative estimate of drug-likeness (QED) is 0.559. The van der Waals surface area contributed by atoms with Gasteiger partial charge in [0.15, 0.2) is 5.23 Å². The van der Waals surface area contributed by atoms with Crippen LogP contribution < -0.4 is 0 Å². The van der Waals surface area contributed by atoms with E-state index in [9.17, 15) is 13.2 Å². The molecule has 118 valence electrons. The van der Waals surface area contributed by atoms with E-state index in [2.05, 4.69) is 20.9 Å². The second-order valence-corrected chi connectivity index (χ2v) is 8.42. The molecule has 5 nitrogen and oxygen atoms in total. The first kappa shape index (κ1) is 17.1. The summed E-state index contributed by atoms with van der Waals surface area (Å²) in [5, 5.41) is 2.41. The molecule has 0 saturated heterocycles. The van der Waals surface area contributed by atoms with E-state index in [1.165, 1.54) is 12.1 Å². The molecule has 1 aliphatic rings. The summed E-state index contributed by atoms with van der Waals surface area (Å²) in [6.07, 6.45) is 0. The number of halogens is 1. The Morgan fingerprint density at radius 3 is 2.45 bits per heavy atom. The van der Waals surface area contributed by atoms with Gasteiger partial charge in [-0.2, -0.15) is 0 Å². The van der Waals surface area contributed by atoms with E-state index in [0.29, 0.717) is 5.04 Å². The first-order valence-corrected chi connectivity index (χ1v) is 10.2. The molecular formula is C14H14BrNO4S2. The standard InChI is InChI=1S/C14H14BrNO4S2/c1-3-20-14-13(16-12(8-15)21(14)9-17)22(18,19)11-6-4-10(2)5-7-11/h4-7H,3,8H2,1-2H3. The van der Waals surface area contributed by atoms with Gasteiger partial charge in [0.2, 0.25) is 20.0 Å². The minimum atomic E-state index is -3.84. The number of benzene rings is 1. The zero-order chi connectivity index (χ0) is 16.3. The van der Waals surface area contributed by atoms with Gasteiger partial charge in [-0.3, -0.25) is 0 Å². The first-order valence-electron chi connectivity index (χ1n) is 6.40. The number of rotatable bonds is 5. The number of sulfone groups is 1. The summed E-state index contributed by atoms with van der Waals surface area (Å²) in [4.78, 5) is 15.4. The van der Waals surface area contributed by atoms with Crippen molar-refractivity contribution in [3.8, 4) is 0 Å². The van der Waals surface area contributed by atoms with Gasteiger partial charge in [-0.25, -0.2) is 18.2 Å². The molecule has 0 N–H and O–H groups in total. The summed E-state index contributed by atoms with van der Waals surface area (Å²) < 4.78 is 30.9. The molecule has 1 aliphatic heterocycles. The number of aliphatic imine (C=N–C) groups is 1. The number of aryl methyl sites for hydroxylation is 1. The van der Waals surface area contributed by atoms with E-state index in [4.69, 9.17) is 4.74 Å². The molecule has 0 aromatic heterocycles. The second-order valence-electron chi connectivity index (χ2n) is 4.37. The Morgan fingerprint density at radius 1 is 1.32 bits per heavy atom. The van der Waals surface area contributed by atoms with Crippen molar-refractivity contribution in [3.63, 3.8) is 0 Å². The monoisotopic (exact) mass is 403 g/mol. The SMILES string of the molecule is CCOC1=C(S(=O)(=O)c2ccc(C)cc2)N=C(CBr)S1=C=O. The average Bonchev–Trinajstić information content (AvgIpc) is 2.86. The van der Waals surface area contributed by atoms with Gasteiger partial charge in [-0.1, -0.05) is 33.6 Å². The van der Waals surface area contributed by atoms with Crippen LogP contribution in [0.5, 0.6) is 0 Å². The van der Waals surface area contributed by atoms with Gasteiger partial charge < -0.3 is 4.74 Å². The summed E-state index contributed by atoms with van der Waals surface area (Å²) >= 11 is 3.22. The van der Waals surface area contributed by atoms with E-state index in [0.717, 1.165) is 5.56 Å². The molecule has 0 spiro atoms. The zero-order valence-electron chi connectivity index (χ0n) is 12.0. The fraction of sp³-hybridized carbons (Fsp3) is 0.286. The van der Waals surface area contributed by atoms with Gasteiger partial charge in [0, 0.05) is 10.5 Å². The lowest BCUT2D eigenvalue weighted by atomic mass is 10.2. The van der Waals surface area contributed by atoms with E-state index < -0.39 is 20.3 Å². The van der Waals surface area contributed by atoms with Crippen LogP contribution in [-0.4, -0.2) is 30.6 Å². The van der Waals surface area contributed by atoms with Crippen molar-refractivity contribution >= 4 is 46.5 Å². The van der Waals surface area contributed by atoms with Crippen molar-refractivity contribution in [2.75, 3.05) is 11.9 Å². The summed E-state index contributed by atoms with van der Waals surface area (Å²) in [5.41, 5.74) is 0.954. The second kappa shape index (κ2) is 6.91. The van der Waals surface area contributed by atoms with Gasteiger partial charge in [0.05, 0.1) is 21.9 Å². The maximum Gasteiger partial charge on any atom is 0.228 e. The van der Waals surface area contributed by atoms with Crippen LogP contribution in [-0.2, 0) is 19.4 Å². The van der Waals surface area contributed by atoms with E-state index in [-0.39, 0.29) is 27.0 Å². The number of alkyl halides is 1. The van der Waals surface area contributed by atoms with Crippen LogP contribution in [0.25, 0.3) is 0 Å². The molecule has 0 aliphatic carbocycles. The van der Waals surface area contributed by atoms with E-state index in [1.54, 1.807) is 19.1 Å². The molecule has 8 heteroatoms. The highest BCUT2D eigenvalue weighted by atomic mass is 79.9. The largest absolute Gasteiger partial charge is 0.484 e. The zero-order valence-corrected chi connectivity index (χ0v) is 15.2. The fourth-order valence-electron chi connectivity index (χ4n) is 1.82. The molecule has 0 saturated carbocycles. The number of hydrogen-bond donors (Lipinski definition) is 0. The Hall–Kier alpha value is -1.21. The summed E-state index contributed by atoms with van der Waals surface area (Å²) in [5.74, 6) is 0. The molecule has 0 bridgehead atoms. The predicted molar refractivity (Wildman–Crippen MR) is 91.5 cm³/mol. The number of hydrogen-bond acceptors (Lipinski definition) is 5. The molecule has 0 radical (unpaired) electrons. The highest BCUT2D eigenvalue weighted by molar-refractivity contribution is 9.09. The Morgan fingerprint density at radius 2 is 1.95 bits per heavy atom. The third kappa shape index (κ3) is 3.10. The number of nitrogens with zero attached hydrogens (tertiary/aromatic N) is 1. The van der Waals surface area contributed by atoms with Crippen molar-refractivity contribution < 1.29 is 17.9 Å². The molecule has 1 heterocycles. The first-order chi connectivity index (χ1) is 10.5. The molecule has 1 aromatic rings. The number of carbonyl (C=O) groups excluding carboxylic acids is 1. The van der Waals surface area contributed by atoms with Crippen LogP contribution in [0.1, 0.15) is 12.5 Å². The molecule has 1 aromatic carbocycles. The third-order valence-corrected chi connectivity index (χ3v) is 7.15. The van der Waals surface area contributed by atoms with Crippen LogP contribution in [0, 0.1) is 6.92 Å². The van der Waals surface area contributed by atoms with Crippen molar-refractivity contribution in [3.05, 3.63) is 39.9 Å². The Balaban J connectivity index is 2.64. The van der Waals surface area contributed by atoms with Crippen LogP contribution in [0.4, 0.5) is 0 Å². The lowest BCUT2D eigenvalue weighted by Gasteiger charge is -2.08. The highest BCUT2D eigenvalue weighted by Gasteiger charge is 2.34. The Labute approximate surface area is 140 Å². The molecule has 0 amide bonds. The van der Waals surface area contributed by atoms with E-state index >= 15 is 0 Å². The maximum absolute atomic E-state index is 12.8. The number of ether oxygens (including phenoxy) is 1. The summed E-state index contributed by atoms with van der Waals surface area (Å²) in [7, 11) is -5.03. The van der Waals surface area contributed by atoms with Crippen LogP contribution in [0.15, 0.2) is 44.3 Å². The van der Waals surface area contributed by atoms with Crippen LogP contribution in [0.3, 0.4) is 0 Å². The maximum atomic E-state index is 12.8. The molecule has 0 fully saturated rings. The summed E-state index contributed by atoms with van der Waals surface area (Å²) in [6, 6.07) is 6.46. The minimum absolute atomic E-state index is 0.0764. The van der Waals surface area contributed by atoms with Crippen LogP contribution >= 0.6 is 26.4 Å². The van der Waals surface area contributed by atoms with Gasteiger partial charge in [0.25, 0.3) is 0 Å². The normalized spacial score (nSPS) is 18.1. The highest BCUT2D eigenvalue weighted by Crippen LogP contribution is 2.41. The van der Waals surface area contributed by atoms with Gasteiger partial charge in [-0.15, -0.1) is 0 Å². The summed E-state index contributed by atoms with van der Waals surface area (Å²) in [6.45, 7) is 3.84. The Bertz CT molecular complexity index is 804. The van der Waals surface area contributed by atoms with Crippen LogP contribution in [0.2, 0.25) is 0 Å². The van der Waals surface area contributed by atoms with Crippen molar-refractivity contribution in [2.45, 2.75) is 18.7 Å². The predicted octanol–water partition coefficient (Wildman–Crippen LogP) is 3.07. The topological polar surface area (TPSA) is 72.8 Å². The lowest BCUT2D eigenvalue weighted by molar-refractivity contribution is 0.256. The lowest BCUT2D eigenvalue weighted by Crippen LogP contribution is -2.05. The molecule has 22 heavy (non-hydrogen) atoms. The van der Waals surface area contributed by atoms with Gasteiger partial charge >= 0.3 is 0 Å². The van der Waals surface area contributed by atoms with Crippen molar-refractivity contribution in [1.29, 1.82) is 0 Å². The Kier molecular flexibility index (Phi) is 5.39. The van der Waals surface area contributed by atoms with Gasteiger partial charge in [-0.05, 0) is 26.0 Å². The molecule has 1 unspecified atom stereocenters. The molecule has 1 atom stereocenters. The van der Waals surface area contributed by atoms with Crippen molar-refractivity contribution in [1.82, 2.24) is 0 Å². The fourth-order valence-corrected chi connectivity index (χ4v) is 5.63. The average molecular weight is 404 g/mol.